The van der Waals surface area contributed by atoms with E-state index in [0.29, 0.717) is 0 Å². The van der Waals surface area contributed by atoms with Gasteiger partial charge < -0.3 is 9.64 Å². The lowest BCUT2D eigenvalue weighted by Gasteiger charge is -2.31. The molecule has 0 bridgehead atoms. The summed E-state index contributed by atoms with van der Waals surface area (Å²) in [5.74, 6) is 0.664. The van der Waals surface area contributed by atoms with Gasteiger partial charge in [0.25, 0.3) is 0 Å². The van der Waals surface area contributed by atoms with Gasteiger partial charge in [0.1, 0.15) is 11.9 Å². The molecular formula is C17H20N4O2. The minimum Gasteiger partial charge on any atom is -0.456 e. The Labute approximate surface area is 135 Å². The Hall–Kier alpha value is -2.50. The van der Waals surface area contributed by atoms with Crippen LogP contribution in [0.15, 0.2) is 43.0 Å². The van der Waals surface area contributed by atoms with Gasteiger partial charge >= 0.3 is 5.97 Å². The quantitative estimate of drug-likeness (QED) is 0.808. The molecule has 2 aromatic rings. The van der Waals surface area contributed by atoms with E-state index in [1.165, 1.54) is 0 Å². The van der Waals surface area contributed by atoms with Crippen LogP contribution in [-0.2, 0) is 9.53 Å². The van der Waals surface area contributed by atoms with Gasteiger partial charge in [-0.3, -0.25) is 14.8 Å². The summed E-state index contributed by atoms with van der Waals surface area (Å²) in [6, 6.07) is 5.61. The van der Waals surface area contributed by atoms with E-state index in [0.717, 1.165) is 37.4 Å². The topological polar surface area (TPSA) is 68.2 Å². The van der Waals surface area contributed by atoms with E-state index in [-0.39, 0.29) is 18.0 Å². The van der Waals surface area contributed by atoms with Crippen LogP contribution in [0.4, 0.5) is 5.82 Å². The average Bonchev–Trinajstić information content (AvgIpc) is 2.63. The van der Waals surface area contributed by atoms with Gasteiger partial charge in [-0.05, 0) is 31.9 Å². The Morgan fingerprint density at radius 2 is 2.04 bits per heavy atom. The molecule has 120 valence electrons. The van der Waals surface area contributed by atoms with Gasteiger partial charge in [0, 0.05) is 31.7 Å². The summed E-state index contributed by atoms with van der Waals surface area (Å²) in [4.78, 5) is 27.1. The number of pyridine rings is 1. The molecule has 23 heavy (non-hydrogen) atoms. The number of nitrogens with zero attached hydrogens (tertiary/aromatic N) is 4. The van der Waals surface area contributed by atoms with Crippen LogP contribution in [0.1, 0.15) is 31.6 Å². The fraction of sp³-hybridized carbons (Fsp3) is 0.412. The number of esters is 1. The smallest absolute Gasteiger partial charge is 0.309 e. The van der Waals surface area contributed by atoms with E-state index in [2.05, 4.69) is 19.9 Å². The summed E-state index contributed by atoms with van der Waals surface area (Å²) in [6.45, 7) is 3.43. The minimum atomic E-state index is -0.318. The third-order valence-electron chi connectivity index (χ3n) is 4.10. The number of anilines is 1. The van der Waals surface area contributed by atoms with Gasteiger partial charge in [-0.1, -0.05) is 6.07 Å². The lowest BCUT2D eigenvalue weighted by atomic mass is 9.97. The molecule has 1 aliphatic heterocycles. The van der Waals surface area contributed by atoms with Crippen LogP contribution < -0.4 is 4.90 Å². The summed E-state index contributed by atoms with van der Waals surface area (Å²) >= 11 is 0. The van der Waals surface area contributed by atoms with E-state index in [1.807, 2.05) is 25.1 Å². The zero-order valence-electron chi connectivity index (χ0n) is 13.1. The fourth-order valence-corrected chi connectivity index (χ4v) is 2.75. The molecule has 1 aliphatic rings. The molecule has 1 atom stereocenters. The largest absolute Gasteiger partial charge is 0.456 e. The first-order valence-corrected chi connectivity index (χ1v) is 7.86. The third-order valence-corrected chi connectivity index (χ3v) is 4.10. The highest BCUT2D eigenvalue weighted by molar-refractivity contribution is 5.73. The number of rotatable bonds is 4. The molecule has 0 amide bonds. The maximum atomic E-state index is 12.3. The standard InChI is InChI=1S/C17H20N4O2/c1-13(15-4-2-3-7-19-15)23-17(22)14-5-10-21(11-6-14)16-12-18-8-9-20-16/h2-4,7-9,12-14H,5-6,10-11H2,1H3/t13-/m0/s1. The van der Waals surface area contributed by atoms with E-state index in [9.17, 15) is 4.79 Å². The second-order valence-corrected chi connectivity index (χ2v) is 5.66. The summed E-state index contributed by atoms with van der Waals surface area (Å²) in [5.41, 5.74) is 0.776. The molecule has 0 N–H and O–H groups in total. The first-order valence-electron chi connectivity index (χ1n) is 7.86. The van der Waals surface area contributed by atoms with Gasteiger partial charge in [-0.25, -0.2) is 4.98 Å². The highest BCUT2D eigenvalue weighted by Gasteiger charge is 2.28. The second kappa shape index (κ2) is 7.17. The Bertz CT molecular complexity index is 628. The Balaban J connectivity index is 1.52. The summed E-state index contributed by atoms with van der Waals surface area (Å²) in [6.07, 6.45) is 8.02. The molecule has 6 nitrogen and oxygen atoms in total. The van der Waals surface area contributed by atoms with Gasteiger partial charge in [0.2, 0.25) is 0 Å². The molecule has 1 fully saturated rings. The number of ether oxygens (including phenoxy) is 1. The van der Waals surface area contributed by atoms with Crippen LogP contribution in [0.5, 0.6) is 0 Å². The van der Waals surface area contributed by atoms with Crippen molar-refractivity contribution in [2.45, 2.75) is 25.9 Å². The molecule has 0 saturated carbocycles. The molecule has 0 aliphatic carbocycles. The number of carbonyl (C=O) groups excluding carboxylic acids is 1. The number of aromatic nitrogens is 3. The molecule has 3 rings (SSSR count). The van der Waals surface area contributed by atoms with Crippen molar-refractivity contribution in [1.29, 1.82) is 0 Å². The first kappa shape index (κ1) is 15.4. The lowest BCUT2D eigenvalue weighted by Crippen LogP contribution is -2.37. The molecular weight excluding hydrogens is 292 g/mol. The van der Waals surface area contributed by atoms with Gasteiger partial charge in [-0.15, -0.1) is 0 Å². The van der Waals surface area contributed by atoms with Crippen LogP contribution in [0.3, 0.4) is 0 Å². The predicted molar refractivity (Wildman–Crippen MR) is 85.7 cm³/mol. The van der Waals surface area contributed by atoms with E-state index in [1.54, 1.807) is 24.8 Å². The highest BCUT2D eigenvalue weighted by atomic mass is 16.5. The van der Waals surface area contributed by atoms with Crippen LogP contribution in [0.2, 0.25) is 0 Å². The third kappa shape index (κ3) is 3.83. The maximum absolute atomic E-state index is 12.3. The number of hydrogen-bond donors (Lipinski definition) is 0. The van der Waals surface area contributed by atoms with Crippen molar-refractivity contribution in [1.82, 2.24) is 15.0 Å². The van der Waals surface area contributed by atoms with Crippen molar-refractivity contribution >= 4 is 11.8 Å². The van der Waals surface area contributed by atoms with Crippen LogP contribution in [-0.4, -0.2) is 34.0 Å². The Morgan fingerprint density at radius 1 is 1.22 bits per heavy atom. The number of carbonyl (C=O) groups is 1. The maximum Gasteiger partial charge on any atom is 0.309 e. The van der Waals surface area contributed by atoms with Gasteiger partial charge in [0.05, 0.1) is 17.8 Å². The highest BCUT2D eigenvalue weighted by Crippen LogP contribution is 2.24. The first-order chi connectivity index (χ1) is 11.2. The van der Waals surface area contributed by atoms with Crippen molar-refractivity contribution in [3.05, 3.63) is 48.7 Å². The zero-order chi connectivity index (χ0) is 16.1. The lowest BCUT2D eigenvalue weighted by molar-refractivity contribution is -0.154. The number of piperidine rings is 1. The van der Waals surface area contributed by atoms with Crippen molar-refractivity contribution in [2.24, 2.45) is 5.92 Å². The summed E-state index contributed by atoms with van der Waals surface area (Å²) < 4.78 is 5.57. The molecule has 0 aromatic carbocycles. The molecule has 6 heteroatoms. The molecule has 3 heterocycles. The normalized spacial score (nSPS) is 16.8. The van der Waals surface area contributed by atoms with E-state index >= 15 is 0 Å². The zero-order valence-corrected chi connectivity index (χ0v) is 13.1. The van der Waals surface area contributed by atoms with Gasteiger partial charge in [0.15, 0.2) is 0 Å². The van der Waals surface area contributed by atoms with Crippen molar-refractivity contribution in [2.75, 3.05) is 18.0 Å². The van der Waals surface area contributed by atoms with E-state index < -0.39 is 0 Å². The summed E-state index contributed by atoms with van der Waals surface area (Å²) in [7, 11) is 0. The predicted octanol–water partition coefficient (Wildman–Crippen LogP) is 2.39. The van der Waals surface area contributed by atoms with Crippen LogP contribution in [0, 0.1) is 5.92 Å². The van der Waals surface area contributed by atoms with E-state index in [4.69, 9.17) is 4.74 Å². The molecule has 0 unspecified atom stereocenters. The Kier molecular flexibility index (Phi) is 4.80. The SMILES string of the molecule is C[C@H](OC(=O)C1CCN(c2cnccn2)CC1)c1ccccn1. The monoisotopic (exact) mass is 312 g/mol. The van der Waals surface area contributed by atoms with Crippen LogP contribution >= 0.6 is 0 Å². The molecule has 1 saturated heterocycles. The average molecular weight is 312 g/mol. The minimum absolute atomic E-state index is 0.0610. The summed E-state index contributed by atoms with van der Waals surface area (Å²) in [5, 5.41) is 0. The molecule has 2 aromatic heterocycles. The van der Waals surface area contributed by atoms with Crippen LogP contribution in [0.25, 0.3) is 0 Å². The Morgan fingerprint density at radius 3 is 2.70 bits per heavy atom. The molecule has 0 spiro atoms. The van der Waals surface area contributed by atoms with Crippen molar-refractivity contribution in [3.63, 3.8) is 0 Å². The van der Waals surface area contributed by atoms with Crippen molar-refractivity contribution < 1.29 is 9.53 Å². The van der Waals surface area contributed by atoms with Gasteiger partial charge in [-0.2, -0.15) is 0 Å². The fourth-order valence-electron chi connectivity index (χ4n) is 2.75. The van der Waals surface area contributed by atoms with Crippen molar-refractivity contribution in [3.8, 4) is 0 Å². The number of hydrogen-bond acceptors (Lipinski definition) is 6. The second-order valence-electron chi connectivity index (χ2n) is 5.66. The molecule has 0 radical (unpaired) electrons.